The van der Waals surface area contributed by atoms with Crippen molar-refractivity contribution in [2.45, 2.75) is 19.3 Å². The van der Waals surface area contributed by atoms with E-state index in [2.05, 4.69) is 34.1 Å². The number of piperazine rings is 1. The maximum atomic E-state index is 5.54. The molecule has 5 heteroatoms. The third-order valence-corrected chi connectivity index (χ3v) is 5.20. The minimum Gasteiger partial charge on any atom is -0.345 e. The van der Waals surface area contributed by atoms with Gasteiger partial charge < -0.3 is 10.6 Å². The molecule has 2 N–H and O–H groups in total. The molecule has 0 atom stereocenters. The van der Waals surface area contributed by atoms with Gasteiger partial charge in [-0.3, -0.25) is 4.90 Å². The van der Waals surface area contributed by atoms with Gasteiger partial charge in [0.25, 0.3) is 0 Å². The summed E-state index contributed by atoms with van der Waals surface area (Å²) in [6.07, 6.45) is 3.69. The van der Waals surface area contributed by atoms with E-state index in [-0.39, 0.29) is 0 Å². The molecule has 3 rings (SSSR count). The van der Waals surface area contributed by atoms with Crippen LogP contribution in [0.25, 0.3) is 10.2 Å². The molecular formula is C16H24N4S. The average Bonchev–Trinajstić information content (AvgIpc) is 2.96. The molecule has 2 heterocycles. The summed E-state index contributed by atoms with van der Waals surface area (Å²) in [5.41, 5.74) is 6.66. The van der Waals surface area contributed by atoms with E-state index in [1.165, 1.54) is 29.2 Å². The maximum absolute atomic E-state index is 5.54. The van der Waals surface area contributed by atoms with Gasteiger partial charge in [0, 0.05) is 26.2 Å². The van der Waals surface area contributed by atoms with Crippen LogP contribution >= 0.6 is 11.3 Å². The number of nitrogens with zero attached hydrogens (tertiary/aromatic N) is 3. The first-order chi connectivity index (χ1) is 10.4. The topological polar surface area (TPSA) is 45.4 Å². The molecule has 21 heavy (non-hydrogen) atoms. The number of aromatic nitrogens is 1. The summed E-state index contributed by atoms with van der Waals surface area (Å²) in [7, 11) is 0. The molecule has 1 aliphatic rings. The van der Waals surface area contributed by atoms with Crippen LogP contribution in [0.15, 0.2) is 24.3 Å². The molecule has 1 aliphatic heterocycles. The molecule has 0 radical (unpaired) electrons. The summed E-state index contributed by atoms with van der Waals surface area (Å²) in [6, 6.07) is 8.40. The molecular weight excluding hydrogens is 280 g/mol. The Balaban J connectivity index is 1.51. The lowest BCUT2D eigenvalue weighted by Gasteiger charge is -2.34. The van der Waals surface area contributed by atoms with E-state index in [4.69, 9.17) is 10.7 Å². The van der Waals surface area contributed by atoms with Crippen LogP contribution in [0.5, 0.6) is 0 Å². The Morgan fingerprint density at radius 3 is 2.62 bits per heavy atom. The molecule has 0 bridgehead atoms. The number of fused-ring (bicyclic) bond motifs is 1. The number of hydrogen-bond donors (Lipinski definition) is 1. The molecule has 1 saturated heterocycles. The second-order valence-electron chi connectivity index (χ2n) is 5.64. The standard InChI is InChI=1S/C16H24N4S/c17-8-4-1-5-9-19-10-12-20(13-11-19)16-18-14-6-2-3-7-15(14)21-16/h2-3,6-7H,1,4-5,8-13,17H2. The predicted molar refractivity (Wildman–Crippen MR) is 91.2 cm³/mol. The van der Waals surface area contributed by atoms with E-state index in [9.17, 15) is 0 Å². The Labute approximate surface area is 130 Å². The minimum atomic E-state index is 0.825. The molecule has 0 unspecified atom stereocenters. The summed E-state index contributed by atoms with van der Waals surface area (Å²) in [5.74, 6) is 0. The third kappa shape index (κ3) is 3.73. The van der Waals surface area contributed by atoms with Crippen molar-refractivity contribution in [2.75, 3.05) is 44.2 Å². The Hall–Kier alpha value is -1.17. The Bertz CT molecular complexity index is 527. The van der Waals surface area contributed by atoms with Crippen LogP contribution in [0.2, 0.25) is 0 Å². The molecule has 0 amide bonds. The van der Waals surface area contributed by atoms with E-state index in [1.807, 2.05) is 11.3 Å². The first kappa shape index (κ1) is 14.8. The van der Waals surface area contributed by atoms with E-state index in [0.29, 0.717) is 0 Å². The van der Waals surface area contributed by atoms with Gasteiger partial charge in [-0.25, -0.2) is 4.98 Å². The predicted octanol–water partition coefficient (Wildman–Crippen LogP) is 2.55. The lowest BCUT2D eigenvalue weighted by atomic mass is 10.2. The lowest BCUT2D eigenvalue weighted by Crippen LogP contribution is -2.46. The number of nitrogens with two attached hydrogens (primary N) is 1. The summed E-state index contributed by atoms with van der Waals surface area (Å²) in [4.78, 5) is 9.76. The van der Waals surface area contributed by atoms with Crippen molar-refractivity contribution in [3.63, 3.8) is 0 Å². The van der Waals surface area contributed by atoms with Crippen LogP contribution in [0.1, 0.15) is 19.3 Å². The second-order valence-corrected chi connectivity index (χ2v) is 6.65. The lowest BCUT2D eigenvalue weighted by molar-refractivity contribution is 0.252. The zero-order valence-electron chi connectivity index (χ0n) is 12.5. The number of hydrogen-bond acceptors (Lipinski definition) is 5. The summed E-state index contributed by atoms with van der Waals surface area (Å²) >= 11 is 1.81. The summed E-state index contributed by atoms with van der Waals surface area (Å²) in [6.45, 7) is 6.53. The first-order valence-electron chi connectivity index (χ1n) is 7.90. The molecule has 1 fully saturated rings. The molecule has 0 spiro atoms. The van der Waals surface area contributed by atoms with Gasteiger partial charge in [-0.05, 0) is 38.1 Å². The van der Waals surface area contributed by atoms with Gasteiger partial charge in [0.2, 0.25) is 0 Å². The van der Waals surface area contributed by atoms with Crippen molar-refractivity contribution in [3.05, 3.63) is 24.3 Å². The average molecular weight is 304 g/mol. The fourth-order valence-electron chi connectivity index (χ4n) is 2.81. The Morgan fingerprint density at radius 1 is 1.05 bits per heavy atom. The highest BCUT2D eigenvalue weighted by Crippen LogP contribution is 2.29. The van der Waals surface area contributed by atoms with Crippen LogP contribution in [0, 0.1) is 0 Å². The highest BCUT2D eigenvalue weighted by molar-refractivity contribution is 7.22. The normalized spacial score (nSPS) is 16.7. The smallest absolute Gasteiger partial charge is 0.186 e. The van der Waals surface area contributed by atoms with Crippen LogP contribution in [-0.4, -0.2) is 49.2 Å². The molecule has 4 nitrogen and oxygen atoms in total. The molecule has 1 aromatic carbocycles. The van der Waals surface area contributed by atoms with Crippen LogP contribution < -0.4 is 10.6 Å². The third-order valence-electron chi connectivity index (χ3n) is 4.10. The first-order valence-corrected chi connectivity index (χ1v) is 8.71. The highest BCUT2D eigenvalue weighted by Gasteiger charge is 2.19. The van der Waals surface area contributed by atoms with Crippen molar-refractivity contribution in [2.24, 2.45) is 5.73 Å². The second kappa shape index (κ2) is 7.20. The van der Waals surface area contributed by atoms with Gasteiger partial charge in [-0.1, -0.05) is 29.9 Å². The van der Waals surface area contributed by atoms with Crippen molar-refractivity contribution >= 4 is 26.7 Å². The van der Waals surface area contributed by atoms with Gasteiger partial charge in [0.1, 0.15) is 0 Å². The van der Waals surface area contributed by atoms with Gasteiger partial charge >= 0.3 is 0 Å². The van der Waals surface area contributed by atoms with Gasteiger partial charge in [0.05, 0.1) is 10.2 Å². The SMILES string of the molecule is NCCCCCN1CCN(c2nc3ccccc3s2)CC1. The number of rotatable bonds is 6. The number of anilines is 1. The van der Waals surface area contributed by atoms with Crippen molar-refractivity contribution in [3.8, 4) is 0 Å². The number of unbranched alkanes of at least 4 members (excludes halogenated alkanes) is 2. The van der Waals surface area contributed by atoms with Crippen LogP contribution in [0.4, 0.5) is 5.13 Å². The van der Waals surface area contributed by atoms with Gasteiger partial charge in [-0.2, -0.15) is 0 Å². The monoisotopic (exact) mass is 304 g/mol. The van der Waals surface area contributed by atoms with E-state index in [1.54, 1.807) is 0 Å². The largest absolute Gasteiger partial charge is 0.345 e. The number of thiazole rings is 1. The molecule has 2 aromatic rings. The molecule has 1 aromatic heterocycles. The van der Waals surface area contributed by atoms with E-state index >= 15 is 0 Å². The van der Waals surface area contributed by atoms with Crippen molar-refractivity contribution < 1.29 is 0 Å². The number of benzene rings is 1. The zero-order chi connectivity index (χ0) is 14.5. The quantitative estimate of drug-likeness (QED) is 0.833. The molecule has 0 saturated carbocycles. The molecule has 0 aliphatic carbocycles. The maximum Gasteiger partial charge on any atom is 0.186 e. The van der Waals surface area contributed by atoms with Gasteiger partial charge in [0.15, 0.2) is 5.13 Å². The van der Waals surface area contributed by atoms with Gasteiger partial charge in [-0.15, -0.1) is 0 Å². The van der Waals surface area contributed by atoms with Crippen molar-refractivity contribution in [1.82, 2.24) is 9.88 Å². The minimum absolute atomic E-state index is 0.825. The molecule has 114 valence electrons. The highest BCUT2D eigenvalue weighted by atomic mass is 32.1. The number of para-hydroxylation sites is 1. The fraction of sp³-hybridized carbons (Fsp3) is 0.562. The van der Waals surface area contributed by atoms with Crippen molar-refractivity contribution in [1.29, 1.82) is 0 Å². The van der Waals surface area contributed by atoms with Crippen LogP contribution in [-0.2, 0) is 0 Å². The summed E-state index contributed by atoms with van der Waals surface area (Å²) in [5, 5.41) is 1.18. The zero-order valence-corrected chi connectivity index (χ0v) is 13.3. The van der Waals surface area contributed by atoms with Crippen LogP contribution in [0.3, 0.4) is 0 Å². The summed E-state index contributed by atoms with van der Waals surface area (Å²) < 4.78 is 1.29. The van der Waals surface area contributed by atoms with E-state index < -0.39 is 0 Å². The Morgan fingerprint density at radius 2 is 1.86 bits per heavy atom. The van der Waals surface area contributed by atoms with E-state index in [0.717, 1.165) is 44.7 Å². The fourth-order valence-corrected chi connectivity index (χ4v) is 3.83. The Kier molecular flexibility index (Phi) is 5.06.